The lowest BCUT2D eigenvalue weighted by Gasteiger charge is -2.19. The highest BCUT2D eigenvalue weighted by Crippen LogP contribution is 2.16. The minimum Gasteiger partial charge on any atom is -0.339 e. The molecule has 0 saturated carbocycles. The van der Waals surface area contributed by atoms with Crippen LogP contribution in [0.5, 0.6) is 0 Å². The van der Waals surface area contributed by atoms with Crippen molar-refractivity contribution in [2.45, 2.75) is 32.7 Å². The van der Waals surface area contributed by atoms with Gasteiger partial charge in [-0.3, -0.25) is 4.79 Å². The van der Waals surface area contributed by atoms with Crippen molar-refractivity contribution in [2.75, 3.05) is 18.1 Å². The number of carbonyl (C=O) groups is 1. The number of anilines is 1. The monoisotopic (exact) mass is 476 g/mol. The summed E-state index contributed by atoms with van der Waals surface area (Å²) in [4.78, 5) is 16.8. The maximum absolute atomic E-state index is 12.5. The third-order valence-corrected chi connectivity index (χ3v) is 6.09. The van der Waals surface area contributed by atoms with Crippen LogP contribution in [0.4, 0.5) is 5.69 Å². The summed E-state index contributed by atoms with van der Waals surface area (Å²) in [7, 11) is -3.59. The van der Waals surface area contributed by atoms with Crippen LogP contribution in [0.15, 0.2) is 53.1 Å². The lowest BCUT2D eigenvalue weighted by Crippen LogP contribution is -2.36. The number of hydrogen-bond donors (Lipinski definition) is 1. The average Bonchev–Trinajstić information content (AvgIpc) is 3.19. The van der Waals surface area contributed by atoms with Crippen molar-refractivity contribution in [1.82, 2.24) is 14.4 Å². The van der Waals surface area contributed by atoms with Crippen molar-refractivity contribution in [3.05, 3.63) is 76.4 Å². The Bertz CT molecular complexity index is 1160. The molecule has 2 aromatic carbocycles. The summed E-state index contributed by atoms with van der Waals surface area (Å²) in [5.41, 5.74) is 2.26. The molecule has 3 rings (SSSR count). The third kappa shape index (κ3) is 6.88. The number of nitrogens with one attached hydrogen (secondary N) is 1. The molecule has 0 atom stereocenters. The maximum Gasteiger partial charge on any atom is 0.239 e. The first-order valence-corrected chi connectivity index (χ1v) is 12.2. The lowest BCUT2D eigenvalue weighted by molar-refractivity contribution is -0.116. The Morgan fingerprint density at radius 3 is 2.28 bits per heavy atom. The van der Waals surface area contributed by atoms with Gasteiger partial charge in [0.1, 0.15) is 0 Å². The van der Waals surface area contributed by atoms with E-state index >= 15 is 0 Å². The molecule has 32 heavy (non-hydrogen) atoms. The third-order valence-electron chi connectivity index (χ3n) is 4.64. The summed E-state index contributed by atoms with van der Waals surface area (Å²) in [5.74, 6) is 0.923. The van der Waals surface area contributed by atoms with Crippen LogP contribution in [0.1, 0.15) is 42.6 Å². The lowest BCUT2D eigenvalue weighted by atomic mass is 10.1. The van der Waals surface area contributed by atoms with Crippen molar-refractivity contribution in [3.63, 3.8) is 0 Å². The number of rotatable bonds is 9. The zero-order valence-corrected chi connectivity index (χ0v) is 19.7. The number of carbonyl (C=O) groups excluding carboxylic acids is 1. The molecule has 1 N–H and O–H groups in total. The average molecular weight is 477 g/mol. The molecule has 10 heteroatoms. The van der Waals surface area contributed by atoms with Gasteiger partial charge in [0.25, 0.3) is 0 Å². The van der Waals surface area contributed by atoms with Crippen LogP contribution in [0.2, 0.25) is 5.02 Å². The van der Waals surface area contributed by atoms with E-state index in [1.807, 2.05) is 26.0 Å². The Hall–Kier alpha value is -2.75. The molecule has 0 bridgehead atoms. The minimum atomic E-state index is -3.59. The van der Waals surface area contributed by atoms with Gasteiger partial charge in [0.2, 0.25) is 21.8 Å². The van der Waals surface area contributed by atoms with Gasteiger partial charge >= 0.3 is 0 Å². The molecule has 170 valence electrons. The van der Waals surface area contributed by atoms with E-state index in [9.17, 15) is 13.2 Å². The molecule has 0 spiro atoms. The molecule has 1 aromatic heterocycles. The standard InChI is InChI=1S/C22H25ClN4O4S/c1-15(2)22-25-20(26-31-22)12-16-6-10-19(11-7-16)24-21(28)14-27(32(3,29)30)13-17-4-8-18(23)9-5-17/h4-11,15H,12-14H2,1-3H3,(H,24,28). The Labute approximate surface area is 192 Å². The molecule has 0 aliphatic carbocycles. The molecule has 3 aromatic rings. The smallest absolute Gasteiger partial charge is 0.239 e. The molecule has 0 aliphatic rings. The first-order valence-electron chi connectivity index (χ1n) is 10.0. The van der Waals surface area contributed by atoms with E-state index in [0.29, 0.717) is 28.8 Å². The van der Waals surface area contributed by atoms with E-state index < -0.39 is 15.9 Å². The summed E-state index contributed by atoms with van der Waals surface area (Å²) in [6.07, 6.45) is 1.58. The molecule has 0 unspecified atom stereocenters. The molecular weight excluding hydrogens is 452 g/mol. The molecule has 1 heterocycles. The van der Waals surface area contributed by atoms with Gasteiger partial charge in [-0.1, -0.05) is 54.9 Å². The summed E-state index contributed by atoms with van der Waals surface area (Å²) in [6.45, 7) is 3.74. The van der Waals surface area contributed by atoms with Crippen LogP contribution >= 0.6 is 11.6 Å². The van der Waals surface area contributed by atoms with Crippen molar-refractivity contribution < 1.29 is 17.7 Å². The van der Waals surface area contributed by atoms with Crippen molar-refractivity contribution in [2.24, 2.45) is 0 Å². The second-order valence-corrected chi connectivity index (χ2v) is 10.2. The predicted molar refractivity (Wildman–Crippen MR) is 123 cm³/mol. The normalized spacial score (nSPS) is 11.8. The Kier molecular flexibility index (Phi) is 7.65. The first-order chi connectivity index (χ1) is 15.1. The quantitative estimate of drug-likeness (QED) is 0.503. The van der Waals surface area contributed by atoms with Crippen molar-refractivity contribution in [1.29, 1.82) is 0 Å². The van der Waals surface area contributed by atoms with Gasteiger partial charge in [-0.05, 0) is 35.4 Å². The van der Waals surface area contributed by atoms with Crippen LogP contribution < -0.4 is 5.32 Å². The van der Waals surface area contributed by atoms with Crippen molar-refractivity contribution >= 4 is 33.2 Å². The first kappa shape index (κ1) is 23.9. The van der Waals surface area contributed by atoms with Gasteiger partial charge in [-0.15, -0.1) is 0 Å². The number of halogens is 1. The minimum absolute atomic E-state index is 0.0748. The van der Waals surface area contributed by atoms with E-state index in [0.717, 1.165) is 21.7 Å². The highest BCUT2D eigenvalue weighted by Gasteiger charge is 2.20. The summed E-state index contributed by atoms with van der Waals surface area (Å²) >= 11 is 5.87. The highest BCUT2D eigenvalue weighted by atomic mass is 35.5. The summed E-state index contributed by atoms with van der Waals surface area (Å²) in [5, 5.41) is 7.26. The van der Waals surface area contributed by atoms with Gasteiger partial charge < -0.3 is 9.84 Å². The number of hydrogen-bond acceptors (Lipinski definition) is 6. The Balaban J connectivity index is 1.60. The zero-order chi connectivity index (χ0) is 23.3. The summed E-state index contributed by atoms with van der Waals surface area (Å²) in [6, 6.07) is 14.0. The van der Waals surface area contributed by atoms with E-state index in [2.05, 4.69) is 15.5 Å². The zero-order valence-electron chi connectivity index (χ0n) is 18.1. The van der Waals surface area contributed by atoms with Gasteiger partial charge in [0.15, 0.2) is 5.82 Å². The van der Waals surface area contributed by atoms with Crippen LogP contribution in [0, 0.1) is 0 Å². The van der Waals surface area contributed by atoms with Crippen LogP contribution in [0.25, 0.3) is 0 Å². The number of aromatic nitrogens is 2. The van der Waals surface area contributed by atoms with E-state index in [4.69, 9.17) is 16.1 Å². The Morgan fingerprint density at radius 2 is 1.72 bits per heavy atom. The molecule has 8 nitrogen and oxygen atoms in total. The molecule has 0 saturated heterocycles. The Morgan fingerprint density at radius 1 is 1.09 bits per heavy atom. The molecular formula is C22H25ClN4O4S. The highest BCUT2D eigenvalue weighted by molar-refractivity contribution is 7.88. The van der Waals surface area contributed by atoms with E-state index in [-0.39, 0.29) is 19.0 Å². The maximum atomic E-state index is 12.5. The number of benzene rings is 2. The molecule has 0 aliphatic heterocycles. The second-order valence-electron chi connectivity index (χ2n) is 7.78. The fraction of sp³-hybridized carbons (Fsp3) is 0.318. The summed E-state index contributed by atoms with van der Waals surface area (Å²) < 4.78 is 30.6. The molecule has 0 radical (unpaired) electrons. The van der Waals surface area contributed by atoms with Gasteiger partial charge in [0, 0.05) is 29.6 Å². The fourth-order valence-electron chi connectivity index (χ4n) is 2.91. The van der Waals surface area contributed by atoms with Crippen LogP contribution in [-0.2, 0) is 27.8 Å². The number of amides is 1. The van der Waals surface area contributed by atoms with Crippen LogP contribution in [0.3, 0.4) is 0 Å². The topological polar surface area (TPSA) is 105 Å². The molecule has 1 amide bonds. The van der Waals surface area contributed by atoms with Gasteiger partial charge in [-0.25, -0.2) is 8.42 Å². The van der Waals surface area contributed by atoms with Gasteiger partial charge in [0.05, 0.1) is 12.8 Å². The van der Waals surface area contributed by atoms with Crippen LogP contribution in [-0.4, -0.2) is 41.6 Å². The number of nitrogens with zero attached hydrogens (tertiary/aromatic N) is 3. The molecule has 0 fully saturated rings. The van der Waals surface area contributed by atoms with E-state index in [1.165, 1.54) is 0 Å². The van der Waals surface area contributed by atoms with Gasteiger partial charge in [-0.2, -0.15) is 9.29 Å². The SMILES string of the molecule is CC(C)c1nc(Cc2ccc(NC(=O)CN(Cc3ccc(Cl)cc3)S(C)(=O)=O)cc2)no1. The van der Waals surface area contributed by atoms with E-state index in [1.54, 1.807) is 36.4 Å². The predicted octanol–water partition coefficient (Wildman–Crippen LogP) is 3.84. The van der Waals surface area contributed by atoms with Crippen molar-refractivity contribution in [3.8, 4) is 0 Å². The fourth-order valence-corrected chi connectivity index (χ4v) is 3.77. The number of sulfonamides is 1. The largest absolute Gasteiger partial charge is 0.339 e. The second kappa shape index (κ2) is 10.2.